The summed E-state index contributed by atoms with van der Waals surface area (Å²) in [5.41, 5.74) is 1.37. The molecule has 0 unspecified atom stereocenters. The molecule has 0 radical (unpaired) electrons. The van der Waals surface area contributed by atoms with Crippen molar-refractivity contribution in [1.29, 1.82) is 0 Å². The molecule has 0 saturated heterocycles. The van der Waals surface area contributed by atoms with E-state index < -0.39 is 15.9 Å². The van der Waals surface area contributed by atoms with E-state index >= 15 is 0 Å². The number of hydrogen-bond donors (Lipinski definition) is 1. The van der Waals surface area contributed by atoms with Gasteiger partial charge >= 0.3 is 0 Å². The molecule has 2 aromatic carbocycles. The zero-order valence-corrected chi connectivity index (χ0v) is 18.5. The zero-order chi connectivity index (χ0) is 22.1. The Morgan fingerprint density at radius 1 is 0.967 bits per heavy atom. The number of benzene rings is 2. The monoisotopic (exact) mass is 436 g/mol. The van der Waals surface area contributed by atoms with Crippen LogP contribution in [0.15, 0.2) is 42.5 Å². The maximum absolute atomic E-state index is 12.4. The second-order valence-corrected chi connectivity index (χ2v) is 8.48. The van der Waals surface area contributed by atoms with Crippen LogP contribution in [0.1, 0.15) is 12.0 Å². The average Bonchev–Trinajstić information content (AvgIpc) is 2.74. The van der Waals surface area contributed by atoms with Gasteiger partial charge in [0.25, 0.3) is 0 Å². The van der Waals surface area contributed by atoms with E-state index in [9.17, 15) is 13.2 Å². The maximum atomic E-state index is 12.4. The zero-order valence-electron chi connectivity index (χ0n) is 17.7. The molecule has 0 spiro atoms. The minimum Gasteiger partial charge on any atom is -0.496 e. The molecule has 1 amide bonds. The van der Waals surface area contributed by atoms with E-state index in [0.717, 1.165) is 28.3 Å². The summed E-state index contributed by atoms with van der Waals surface area (Å²) in [6.45, 7) is 0.0867. The van der Waals surface area contributed by atoms with Crippen molar-refractivity contribution < 1.29 is 27.4 Å². The lowest BCUT2D eigenvalue weighted by Crippen LogP contribution is -2.40. The molecule has 0 aliphatic carbocycles. The Bertz CT molecular complexity index is 962. The van der Waals surface area contributed by atoms with E-state index in [0.29, 0.717) is 30.2 Å². The summed E-state index contributed by atoms with van der Waals surface area (Å²) < 4.78 is 41.3. The Balaban J connectivity index is 1.99. The molecule has 2 rings (SSSR count). The third-order valence-electron chi connectivity index (χ3n) is 4.48. The second-order valence-electron chi connectivity index (χ2n) is 6.57. The van der Waals surface area contributed by atoms with Gasteiger partial charge in [-0.25, -0.2) is 8.42 Å². The topological polar surface area (TPSA) is 94.2 Å². The molecule has 0 heterocycles. The van der Waals surface area contributed by atoms with Gasteiger partial charge in [-0.05, 0) is 36.6 Å². The normalized spacial score (nSPS) is 10.9. The van der Waals surface area contributed by atoms with Crippen molar-refractivity contribution >= 4 is 21.6 Å². The van der Waals surface area contributed by atoms with E-state index in [1.807, 2.05) is 24.3 Å². The fraction of sp³-hybridized carbons (Fsp3) is 0.381. The highest BCUT2D eigenvalue weighted by Crippen LogP contribution is 2.32. The van der Waals surface area contributed by atoms with Gasteiger partial charge in [0.05, 0.1) is 33.3 Å². The predicted molar refractivity (Wildman–Crippen MR) is 116 cm³/mol. The standard InChI is InChI=1S/C21H28N2O6S/c1-27-18-10-6-5-8-16(18)9-7-13-22-21(24)15-23(30(4,25)26)17-11-12-19(28-2)20(14-17)29-3/h5-6,8,10-12,14H,7,9,13,15H2,1-4H3,(H,22,24). The van der Waals surface area contributed by atoms with Gasteiger partial charge in [-0.2, -0.15) is 0 Å². The molecule has 9 heteroatoms. The van der Waals surface area contributed by atoms with Crippen molar-refractivity contribution in [3.05, 3.63) is 48.0 Å². The van der Waals surface area contributed by atoms with Crippen LogP contribution in [0.25, 0.3) is 0 Å². The summed E-state index contributed by atoms with van der Waals surface area (Å²) in [4.78, 5) is 12.4. The molecule has 1 N–H and O–H groups in total. The van der Waals surface area contributed by atoms with E-state index in [1.54, 1.807) is 19.2 Å². The van der Waals surface area contributed by atoms with Crippen LogP contribution in [0.5, 0.6) is 17.2 Å². The first-order valence-corrected chi connectivity index (χ1v) is 11.2. The fourth-order valence-electron chi connectivity index (χ4n) is 2.98. The van der Waals surface area contributed by atoms with Crippen molar-refractivity contribution in [2.75, 3.05) is 45.0 Å². The molecule has 0 fully saturated rings. The van der Waals surface area contributed by atoms with Crippen LogP contribution < -0.4 is 23.8 Å². The van der Waals surface area contributed by atoms with Gasteiger partial charge in [-0.3, -0.25) is 9.10 Å². The summed E-state index contributed by atoms with van der Waals surface area (Å²) in [5.74, 6) is 1.26. The van der Waals surface area contributed by atoms with Gasteiger partial charge < -0.3 is 19.5 Å². The summed E-state index contributed by atoms with van der Waals surface area (Å²) >= 11 is 0. The third kappa shape index (κ3) is 6.28. The molecular formula is C21H28N2O6S. The first kappa shape index (κ1) is 23.3. The van der Waals surface area contributed by atoms with Crippen LogP contribution >= 0.6 is 0 Å². The number of ether oxygens (including phenoxy) is 3. The Kier molecular flexibility index (Phi) is 8.35. The van der Waals surface area contributed by atoms with Crippen LogP contribution in [0.3, 0.4) is 0 Å². The molecule has 0 aliphatic heterocycles. The Hall–Kier alpha value is -2.94. The number of hydrogen-bond acceptors (Lipinski definition) is 6. The van der Waals surface area contributed by atoms with Crippen LogP contribution in [-0.4, -0.2) is 55.0 Å². The smallest absolute Gasteiger partial charge is 0.240 e. The lowest BCUT2D eigenvalue weighted by atomic mass is 10.1. The summed E-state index contributed by atoms with van der Waals surface area (Å²) in [5, 5.41) is 2.77. The Morgan fingerprint density at radius 2 is 1.63 bits per heavy atom. The minimum absolute atomic E-state index is 0.319. The number of amides is 1. The van der Waals surface area contributed by atoms with Crippen LogP contribution in [0.2, 0.25) is 0 Å². The second kappa shape index (κ2) is 10.7. The van der Waals surface area contributed by atoms with Crippen molar-refractivity contribution in [2.24, 2.45) is 0 Å². The highest BCUT2D eigenvalue weighted by Gasteiger charge is 2.22. The van der Waals surface area contributed by atoms with Gasteiger partial charge in [0.1, 0.15) is 12.3 Å². The van der Waals surface area contributed by atoms with Crippen molar-refractivity contribution in [2.45, 2.75) is 12.8 Å². The van der Waals surface area contributed by atoms with E-state index in [-0.39, 0.29) is 6.54 Å². The summed E-state index contributed by atoms with van der Waals surface area (Å²) in [6, 6.07) is 12.4. The van der Waals surface area contributed by atoms with Crippen LogP contribution in [-0.2, 0) is 21.2 Å². The quantitative estimate of drug-likeness (QED) is 0.543. The van der Waals surface area contributed by atoms with Gasteiger partial charge in [0.15, 0.2) is 11.5 Å². The number of nitrogens with one attached hydrogen (secondary N) is 1. The van der Waals surface area contributed by atoms with Gasteiger partial charge in [-0.1, -0.05) is 18.2 Å². The van der Waals surface area contributed by atoms with Crippen LogP contribution in [0, 0.1) is 0 Å². The molecule has 2 aromatic rings. The number of methoxy groups -OCH3 is 3. The number of rotatable bonds is 11. The van der Waals surface area contributed by atoms with Crippen molar-refractivity contribution in [3.63, 3.8) is 0 Å². The van der Waals surface area contributed by atoms with Crippen molar-refractivity contribution in [3.8, 4) is 17.2 Å². The minimum atomic E-state index is -3.68. The van der Waals surface area contributed by atoms with E-state index in [2.05, 4.69) is 5.32 Å². The average molecular weight is 437 g/mol. The van der Waals surface area contributed by atoms with E-state index in [1.165, 1.54) is 20.3 Å². The number of carbonyl (C=O) groups excluding carboxylic acids is 1. The molecule has 30 heavy (non-hydrogen) atoms. The third-order valence-corrected chi connectivity index (χ3v) is 5.62. The number of nitrogens with zero attached hydrogens (tertiary/aromatic N) is 1. The Morgan fingerprint density at radius 3 is 2.27 bits per heavy atom. The number of anilines is 1. The molecule has 0 atom stereocenters. The molecule has 8 nitrogen and oxygen atoms in total. The SMILES string of the molecule is COc1ccccc1CCCNC(=O)CN(c1ccc(OC)c(OC)c1)S(C)(=O)=O. The van der Waals surface area contributed by atoms with Gasteiger partial charge in [0.2, 0.25) is 15.9 Å². The van der Waals surface area contributed by atoms with Crippen LogP contribution in [0.4, 0.5) is 5.69 Å². The highest BCUT2D eigenvalue weighted by molar-refractivity contribution is 7.92. The maximum Gasteiger partial charge on any atom is 0.240 e. The number of para-hydroxylation sites is 1. The predicted octanol–water partition coefficient (Wildman–Crippen LogP) is 2.23. The molecular weight excluding hydrogens is 408 g/mol. The number of aryl methyl sites for hydroxylation is 1. The lowest BCUT2D eigenvalue weighted by Gasteiger charge is -2.23. The fourth-order valence-corrected chi connectivity index (χ4v) is 3.83. The molecule has 0 aliphatic rings. The molecule has 0 aromatic heterocycles. The first-order chi connectivity index (χ1) is 14.3. The number of carbonyl (C=O) groups is 1. The molecule has 164 valence electrons. The molecule has 0 saturated carbocycles. The van der Waals surface area contributed by atoms with Gasteiger partial charge in [-0.15, -0.1) is 0 Å². The number of sulfonamides is 1. The Labute approximate surface area is 177 Å². The summed E-state index contributed by atoms with van der Waals surface area (Å²) in [7, 11) is 0.889. The lowest BCUT2D eigenvalue weighted by molar-refractivity contribution is -0.119. The largest absolute Gasteiger partial charge is 0.496 e. The van der Waals surface area contributed by atoms with Crippen molar-refractivity contribution in [1.82, 2.24) is 5.32 Å². The highest BCUT2D eigenvalue weighted by atomic mass is 32.2. The first-order valence-electron chi connectivity index (χ1n) is 9.38. The van der Waals surface area contributed by atoms with Gasteiger partial charge in [0, 0.05) is 12.6 Å². The van der Waals surface area contributed by atoms with E-state index in [4.69, 9.17) is 14.2 Å². The summed E-state index contributed by atoms with van der Waals surface area (Å²) in [6.07, 6.45) is 2.48. The molecule has 0 bridgehead atoms.